The van der Waals surface area contributed by atoms with Gasteiger partial charge in [-0.25, -0.2) is 0 Å². The molecule has 1 aromatic carbocycles. The Morgan fingerprint density at radius 2 is 2.10 bits per heavy atom. The van der Waals surface area contributed by atoms with Crippen molar-refractivity contribution in [2.45, 2.75) is 19.6 Å². The molecule has 6 nitrogen and oxygen atoms in total. The van der Waals surface area contributed by atoms with Crippen molar-refractivity contribution in [1.82, 2.24) is 5.16 Å². The van der Waals surface area contributed by atoms with E-state index < -0.39 is 22.4 Å². The van der Waals surface area contributed by atoms with E-state index in [1.165, 1.54) is 6.07 Å². The first-order chi connectivity index (χ1) is 9.77. The van der Waals surface area contributed by atoms with Crippen molar-refractivity contribution in [3.63, 3.8) is 0 Å². The molecule has 0 fully saturated rings. The van der Waals surface area contributed by atoms with Gasteiger partial charge in [0.05, 0.1) is 11.5 Å². The van der Waals surface area contributed by atoms with E-state index in [-0.39, 0.29) is 12.2 Å². The first-order valence-electron chi connectivity index (χ1n) is 5.79. The van der Waals surface area contributed by atoms with E-state index in [1.54, 1.807) is 13.0 Å². The number of alkyl halides is 3. The Kier molecular flexibility index (Phi) is 3.83. The molecular weight excluding hydrogens is 291 g/mol. The van der Waals surface area contributed by atoms with Gasteiger partial charge in [-0.05, 0) is 19.1 Å². The smallest absolute Gasteiger partial charge is 0.379 e. The highest BCUT2D eigenvalue weighted by Crippen LogP contribution is 2.37. The highest BCUT2D eigenvalue weighted by atomic mass is 19.4. The molecule has 2 aromatic rings. The van der Waals surface area contributed by atoms with Crippen LogP contribution >= 0.6 is 0 Å². The van der Waals surface area contributed by atoms with Crippen LogP contribution in [0.15, 0.2) is 28.8 Å². The second kappa shape index (κ2) is 5.43. The summed E-state index contributed by atoms with van der Waals surface area (Å²) in [4.78, 5) is 9.56. The summed E-state index contributed by atoms with van der Waals surface area (Å²) in [5.74, 6) is 0.575. The second-order valence-electron chi connectivity index (χ2n) is 4.27. The number of hydrogen-bond acceptors (Lipinski definition) is 5. The Morgan fingerprint density at radius 1 is 1.38 bits per heavy atom. The van der Waals surface area contributed by atoms with Gasteiger partial charge in [0.15, 0.2) is 0 Å². The van der Waals surface area contributed by atoms with Crippen LogP contribution in [-0.4, -0.2) is 10.1 Å². The minimum absolute atomic E-state index is 0.105. The Morgan fingerprint density at radius 3 is 2.62 bits per heavy atom. The average molecular weight is 301 g/mol. The number of anilines is 1. The summed E-state index contributed by atoms with van der Waals surface area (Å²) in [6, 6.07) is 4.35. The van der Waals surface area contributed by atoms with Crippen molar-refractivity contribution in [3.05, 3.63) is 51.4 Å². The molecule has 1 heterocycles. The van der Waals surface area contributed by atoms with Crippen molar-refractivity contribution in [3.8, 4) is 0 Å². The molecule has 0 unspecified atom stereocenters. The first-order valence-corrected chi connectivity index (χ1v) is 5.79. The topological polar surface area (TPSA) is 81.2 Å². The lowest BCUT2D eigenvalue weighted by molar-refractivity contribution is -0.388. The molecule has 0 amide bonds. The lowest BCUT2D eigenvalue weighted by atomic mass is 10.1. The van der Waals surface area contributed by atoms with Crippen molar-refractivity contribution < 1.29 is 22.6 Å². The third-order valence-electron chi connectivity index (χ3n) is 2.65. The molecular formula is C12H10F3N3O3. The number of rotatable bonds is 4. The molecule has 0 bridgehead atoms. The second-order valence-corrected chi connectivity index (χ2v) is 4.27. The minimum atomic E-state index is -4.80. The molecule has 0 saturated carbocycles. The lowest BCUT2D eigenvalue weighted by Gasteiger charge is -2.10. The van der Waals surface area contributed by atoms with Gasteiger partial charge >= 0.3 is 6.18 Å². The van der Waals surface area contributed by atoms with E-state index in [0.29, 0.717) is 17.5 Å². The van der Waals surface area contributed by atoms with E-state index in [4.69, 9.17) is 4.52 Å². The van der Waals surface area contributed by atoms with Gasteiger partial charge in [-0.1, -0.05) is 5.16 Å². The molecule has 0 aliphatic heterocycles. The summed E-state index contributed by atoms with van der Waals surface area (Å²) in [6.45, 7) is 1.83. The zero-order valence-electron chi connectivity index (χ0n) is 10.8. The molecule has 0 radical (unpaired) electrons. The predicted molar refractivity (Wildman–Crippen MR) is 66.7 cm³/mol. The number of nitro groups is 1. The summed E-state index contributed by atoms with van der Waals surface area (Å²) < 4.78 is 43.2. The van der Waals surface area contributed by atoms with Crippen molar-refractivity contribution >= 4 is 11.4 Å². The number of nitrogens with zero attached hydrogens (tertiary/aromatic N) is 2. The minimum Gasteiger partial charge on any atom is -0.379 e. The summed E-state index contributed by atoms with van der Waals surface area (Å²) in [5.41, 5.74) is -1.66. The van der Waals surface area contributed by atoms with E-state index in [1.807, 2.05) is 0 Å². The van der Waals surface area contributed by atoms with Gasteiger partial charge < -0.3 is 9.84 Å². The fourth-order valence-electron chi connectivity index (χ4n) is 1.73. The van der Waals surface area contributed by atoms with Gasteiger partial charge in [-0.15, -0.1) is 0 Å². The zero-order valence-corrected chi connectivity index (χ0v) is 10.8. The number of aryl methyl sites for hydroxylation is 1. The highest BCUT2D eigenvalue weighted by Gasteiger charge is 2.38. The quantitative estimate of drug-likeness (QED) is 0.690. The monoisotopic (exact) mass is 301 g/mol. The number of hydrogen-bond donors (Lipinski definition) is 1. The summed E-state index contributed by atoms with van der Waals surface area (Å²) in [6.07, 6.45) is -4.80. The zero-order chi connectivity index (χ0) is 15.6. The van der Waals surface area contributed by atoms with Crippen LogP contribution in [0.4, 0.5) is 24.5 Å². The molecule has 1 N–H and O–H groups in total. The van der Waals surface area contributed by atoms with Gasteiger partial charge in [0.2, 0.25) is 0 Å². The van der Waals surface area contributed by atoms with Crippen LogP contribution in [0.25, 0.3) is 0 Å². The molecule has 0 atom stereocenters. The lowest BCUT2D eigenvalue weighted by Crippen LogP contribution is -2.10. The standard InChI is InChI=1S/C12H10F3N3O3/c1-7-4-9(17-21-7)6-16-8-2-3-11(18(19)20)10(5-8)12(13,14)15/h2-5,16H,6H2,1H3. The molecule has 0 aliphatic carbocycles. The van der Waals surface area contributed by atoms with Crippen LogP contribution in [0.1, 0.15) is 17.0 Å². The van der Waals surface area contributed by atoms with Crippen LogP contribution in [0, 0.1) is 17.0 Å². The normalized spacial score (nSPS) is 11.4. The molecule has 2 rings (SSSR count). The van der Waals surface area contributed by atoms with Crippen LogP contribution in [0.2, 0.25) is 0 Å². The van der Waals surface area contributed by atoms with Crippen LogP contribution < -0.4 is 5.32 Å². The van der Waals surface area contributed by atoms with Crippen molar-refractivity contribution in [2.75, 3.05) is 5.32 Å². The Labute approximate surface area is 116 Å². The van der Waals surface area contributed by atoms with Crippen molar-refractivity contribution in [1.29, 1.82) is 0 Å². The highest BCUT2D eigenvalue weighted by molar-refractivity contribution is 5.55. The average Bonchev–Trinajstić information content (AvgIpc) is 2.81. The SMILES string of the molecule is Cc1cc(CNc2ccc([N+](=O)[O-])c(C(F)(F)F)c2)no1. The van der Waals surface area contributed by atoms with Crippen LogP contribution in [0.3, 0.4) is 0 Å². The number of nitrogens with one attached hydrogen (secondary N) is 1. The molecule has 21 heavy (non-hydrogen) atoms. The van der Waals surface area contributed by atoms with Gasteiger partial charge in [-0.2, -0.15) is 13.2 Å². The number of benzene rings is 1. The fraction of sp³-hybridized carbons (Fsp3) is 0.250. The van der Waals surface area contributed by atoms with E-state index in [2.05, 4.69) is 10.5 Å². The van der Waals surface area contributed by atoms with Crippen LogP contribution in [0.5, 0.6) is 0 Å². The van der Waals surface area contributed by atoms with Crippen LogP contribution in [-0.2, 0) is 12.7 Å². The maximum atomic E-state index is 12.8. The third-order valence-corrected chi connectivity index (χ3v) is 2.65. The first kappa shape index (κ1) is 14.8. The maximum absolute atomic E-state index is 12.8. The van der Waals surface area contributed by atoms with E-state index in [0.717, 1.165) is 6.07 Å². The molecule has 9 heteroatoms. The summed E-state index contributed by atoms with van der Waals surface area (Å²) in [5, 5.41) is 17.0. The molecule has 0 aliphatic rings. The Hall–Kier alpha value is -2.58. The summed E-state index contributed by atoms with van der Waals surface area (Å²) >= 11 is 0. The van der Waals surface area contributed by atoms with E-state index >= 15 is 0 Å². The fourth-order valence-corrected chi connectivity index (χ4v) is 1.73. The summed E-state index contributed by atoms with van der Waals surface area (Å²) in [7, 11) is 0. The van der Waals surface area contributed by atoms with Gasteiger partial charge in [0, 0.05) is 17.8 Å². The largest absolute Gasteiger partial charge is 0.423 e. The van der Waals surface area contributed by atoms with Gasteiger partial charge in [0.25, 0.3) is 5.69 Å². The van der Waals surface area contributed by atoms with E-state index in [9.17, 15) is 23.3 Å². The number of nitro benzene ring substituents is 1. The molecule has 112 valence electrons. The third kappa shape index (κ3) is 3.50. The Bertz CT molecular complexity index is 667. The predicted octanol–water partition coefficient (Wildman–Crippen LogP) is 3.52. The van der Waals surface area contributed by atoms with Gasteiger partial charge in [-0.3, -0.25) is 10.1 Å². The maximum Gasteiger partial charge on any atom is 0.423 e. The van der Waals surface area contributed by atoms with Gasteiger partial charge in [0.1, 0.15) is 17.0 Å². The number of aromatic nitrogens is 1. The number of halogens is 3. The Balaban J connectivity index is 2.23. The van der Waals surface area contributed by atoms with Crippen molar-refractivity contribution in [2.24, 2.45) is 0 Å². The molecule has 0 saturated heterocycles. The molecule has 0 spiro atoms. The molecule has 1 aromatic heterocycles.